The van der Waals surface area contributed by atoms with Gasteiger partial charge in [0.25, 0.3) is 0 Å². The fourth-order valence-corrected chi connectivity index (χ4v) is 1.41. The third-order valence-corrected chi connectivity index (χ3v) is 2.15. The molecule has 1 rings (SSSR count). The maximum atomic E-state index is 8.88. The summed E-state index contributed by atoms with van der Waals surface area (Å²) in [5.41, 5.74) is 0. The van der Waals surface area contributed by atoms with Crippen LogP contribution in [0.15, 0.2) is 0 Å². The number of hydrogen-bond acceptors (Lipinski definition) is 4. The lowest BCUT2D eigenvalue weighted by Crippen LogP contribution is -2.33. The van der Waals surface area contributed by atoms with Gasteiger partial charge in [0, 0.05) is 9.47 Å². The number of aliphatic hydroxyl groups excluding tert-OH is 1. The molecule has 1 saturated heterocycles. The first-order valence-electron chi connectivity index (χ1n) is 3.87. The predicted molar refractivity (Wildman–Crippen MR) is 46.6 cm³/mol. The van der Waals surface area contributed by atoms with Crippen molar-refractivity contribution in [3.63, 3.8) is 0 Å². The van der Waals surface area contributed by atoms with Crippen molar-refractivity contribution in [3.05, 3.63) is 0 Å². The second-order valence-corrected chi connectivity index (χ2v) is 3.50. The summed E-state index contributed by atoms with van der Waals surface area (Å²) in [6.45, 7) is 4.08. The van der Waals surface area contributed by atoms with Crippen LogP contribution in [-0.4, -0.2) is 36.3 Å². The van der Waals surface area contributed by atoms with Gasteiger partial charge in [-0.25, -0.2) is 0 Å². The van der Waals surface area contributed by atoms with Crippen molar-refractivity contribution < 1.29 is 19.1 Å². The van der Waals surface area contributed by atoms with Gasteiger partial charge in [0.15, 0.2) is 5.79 Å². The van der Waals surface area contributed by atoms with E-state index >= 15 is 0 Å². The molecule has 0 radical (unpaired) electrons. The molecule has 5 heteroatoms. The minimum atomic E-state index is -0.554. The molecular formula is C7H15O4P. The molecule has 1 fully saturated rings. The van der Waals surface area contributed by atoms with Crippen LogP contribution in [0.25, 0.3) is 0 Å². The van der Waals surface area contributed by atoms with Crippen molar-refractivity contribution in [2.75, 3.05) is 13.2 Å². The van der Waals surface area contributed by atoms with Gasteiger partial charge in [-0.1, -0.05) is 0 Å². The van der Waals surface area contributed by atoms with E-state index in [1.165, 1.54) is 0 Å². The molecule has 2 unspecified atom stereocenters. The van der Waals surface area contributed by atoms with Gasteiger partial charge in [-0.05, 0) is 13.8 Å². The highest BCUT2D eigenvalue weighted by Crippen LogP contribution is 2.25. The Hall–Kier alpha value is 0.270. The SMILES string of the molecule is CC1(C)OC[C@H](C(CO)OP)O1. The third kappa shape index (κ3) is 2.38. The van der Waals surface area contributed by atoms with Gasteiger partial charge in [-0.2, -0.15) is 0 Å². The molecule has 0 aromatic rings. The Labute approximate surface area is 74.5 Å². The lowest BCUT2D eigenvalue weighted by atomic mass is 10.2. The second kappa shape index (κ2) is 3.99. The highest BCUT2D eigenvalue weighted by molar-refractivity contribution is 7.09. The fraction of sp³-hybridized carbons (Fsp3) is 1.00. The summed E-state index contributed by atoms with van der Waals surface area (Å²) in [6, 6.07) is 0. The molecule has 1 aliphatic heterocycles. The maximum Gasteiger partial charge on any atom is 0.163 e. The summed E-state index contributed by atoms with van der Waals surface area (Å²) in [6.07, 6.45) is -0.501. The van der Waals surface area contributed by atoms with Gasteiger partial charge >= 0.3 is 0 Å². The second-order valence-electron chi connectivity index (χ2n) is 3.22. The van der Waals surface area contributed by atoms with Crippen LogP contribution >= 0.6 is 9.47 Å². The van der Waals surface area contributed by atoms with Crippen molar-refractivity contribution in [2.45, 2.75) is 31.8 Å². The van der Waals surface area contributed by atoms with Crippen LogP contribution in [-0.2, 0) is 14.0 Å². The average Bonchev–Trinajstić information content (AvgIpc) is 2.34. The molecule has 0 aromatic carbocycles. The Morgan fingerprint density at radius 2 is 2.42 bits per heavy atom. The lowest BCUT2D eigenvalue weighted by molar-refractivity contribution is -0.150. The van der Waals surface area contributed by atoms with Crippen LogP contribution < -0.4 is 0 Å². The molecule has 3 atom stereocenters. The standard InChI is InChI=1S/C7H15O4P/c1-7(2)9-4-6(10-7)5(3-8)11-12/h5-6,8H,3-4,12H2,1-2H3/t5?,6-/m1/s1. The summed E-state index contributed by atoms with van der Waals surface area (Å²) < 4.78 is 15.7. The minimum Gasteiger partial charge on any atom is -0.394 e. The summed E-state index contributed by atoms with van der Waals surface area (Å²) >= 11 is 0. The third-order valence-electron chi connectivity index (χ3n) is 1.80. The molecule has 1 heterocycles. The molecule has 0 spiro atoms. The molecule has 0 bridgehead atoms. The molecule has 4 nitrogen and oxygen atoms in total. The van der Waals surface area contributed by atoms with Crippen molar-refractivity contribution in [3.8, 4) is 0 Å². The molecule has 72 valence electrons. The Morgan fingerprint density at radius 1 is 1.75 bits per heavy atom. The predicted octanol–water partition coefficient (Wildman–Crippen LogP) is 0.305. The van der Waals surface area contributed by atoms with Crippen LogP contribution in [0.3, 0.4) is 0 Å². The van der Waals surface area contributed by atoms with E-state index in [2.05, 4.69) is 9.47 Å². The fourth-order valence-electron chi connectivity index (χ4n) is 1.15. The Bertz CT molecular complexity index is 146. The van der Waals surface area contributed by atoms with Gasteiger partial charge in [-0.15, -0.1) is 0 Å². The Morgan fingerprint density at radius 3 is 2.75 bits per heavy atom. The highest BCUT2D eigenvalue weighted by atomic mass is 31.0. The van der Waals surface area contributed by atoms with Crippen LogP contribution in [0.5, 0.6) is 0 Å². The lowest BCUT2D eigenvalue weighted by Gasteiger charge is -2.21. The van der Waals surface area contributed by atoms with Crippen molar-refractivity contribution >= 4 is 9.47 Å². The minimum absolute atomic E-state index is 0.0619. The zero-order valence-corrected chi connectivity index (χ0v) is 8.47. The van der Waals surface area contributed by atoms with Crippen LogP contribution in [0, 0.1) is 0 Å². The zero-order chi connectivity index (χ0) is 9.19. The van der Waals surface area contributed by atoms with E-state index in [0.717, 1.165) is 0 Å². The first kappa shape index (κ1) is 10.4. The highest BCUT2D eigenvalue weighted by Gasteiger charge is 2.37. The molecule has 0 aromatic heterocycles. The van der Waals surface area contributed by atoms with E-state index in [1.807, 2.05) is 13.8 Å². The quantitative estimate of drug-likeness (QED) is 0.657. The Balaban J connectivity index is 2.45. The normalized spacial score (nSPS) is 30.5. The first-order valence-corrected chi connectivity index (χ1v) is 4.34. The van der Waals surface area contributed by atoms with Gasteiger partial charge in [0.2, 0.25) is 0 Å². The molecule has 0 aliphatic carbocycles. The first-order chi connectivity index (χ1) is 5.59. The largest absolute Gasteiger partial charge is 0.394 e. The zero-order valence-electron chi connectivity index (χ0n) is 7.32. The molecule has 12 heavy (non-hydrogen) atoms. The van der Waals surface area contributed by atoms with Crippen molar-refractivity contribution in [1.82, 2.24) is 0 Å². The van der Waals surface area contributed by atoms with E-state index in [1.54, 1.807) is 0 Å². The maximum absolute atomic E-state index is 8.88. The van der Waals surface area contributed by atoms with Gasteiger partial charge in [0.05, 0.1) is 13.2 Å². The van der Waals surface area contributed by atoms with Crippen LogP contribution in [0.4, 0.5) is 0 Å². The molecular weight excluding hydrogens is 179 g/mol. The Kier molecular flexibility index (Phi) is 3.44. The number of aliphatic hydroxyl groups is 1. The monoisotopic (exact) mass is 194 g/mol. The molecule has 1 N–H and O–H groups in total. The number of rotatable bonds is 3. The summed E-state index contributed by atoms with van der Waals surface area (Å²) in [7, 11) is 2.12. The smallest absolute Gasteiger partial charge is 0.163 e. The molecule has 0 saturated carbocycles. The van der Waals surface area contributed by atoms with Crippen molar-refractivity contribution in [2.24, 2.45) is 0 Å². The van der Waals surface area contributed by atoms with E-state index in [4.69, 9.17) is 19.1 Å². The van der Waals surface area contributed by atoms with Crippen molar-refractivity contribution in [1.29, 1.82) is 0 Å². The van der Waals surface area contributed by atoms with Gasteiger partial charge in [-0.3, -0.25) is 0 Å². The van der Waals surface area contributed by atoms with Crippen LogP contribution in [0.1, 0.15) is 13.8 Å². The summed E-state index contributed by atoms with van der Waals surface area (Å²) in [5, 5.41) is 8.88. The van der Waals surface area contributed by atoms with Crippen LogP contribution in [0.2, 0.25) is 0 Å². The number of ether oxygens (including phenoxy) is 2. The van der Waals surface area contributed by atoms with Gasteiger partial charge < -0.3 is 19.1 Å². The molecule has 1 aliphatic rings. The number of hydrogen-bond donors (Lipinski definition) is 1. The summed E-state index contributed by atoms with van der Waals surface area (Å²) in [4.78, 5) is 0. The van der Waals surface area contributed by atoms with E-state index in [9.17, 15) is 0 Å². The summed E-state index contributed by atoms with van der Waals surface area (Å²) in [5.74, 6) is -0.554. The van der Waals surface area contributed by atoms with Gasteiger partial charge in [0.1, 0.15) is 12.2 Å². The van der Waals surface area contributed by atoms with E-state index in [0.29, 0.717) is 6.61 Å². The molecule has 0 amide bonds. The van der Waals surface area contributed by atoms with E-state index in [-0.39, 0.29) is 18.8 Å². The van der Waals surface area contributed by atoms with E-state index < -0.39 is 5.79 Å². The topological polar surface area (TPSA) is 47.9 Å². The average molecular weight is 194 g/mol.